The van der Waals surface area contributed by atoms with E-state index in [1.54, 1.807) is 0 Å². The lowest BCUT2D eigenvalue weighted by Gasteiger charge is -2.26. The second-order valence-corrected chi connectivity index (χ2v) is 8.92. The van der Waals surface area contributed by atoms with Crippen molar-refractivity contribution in [2.24, 2.45) is 0 Å². The lowest BCUT2D eigenvalue weighted by molar-refractivity contribution is -0.122. The molecule has 1 aliphatic rings. The van der Waals surface area contributed by atoms with Crippen LogP contribution in [0.15, 0.2) is 47.4 Å². The Morgan fingerprint density at radius 1 is 1.28 bits per heavy atom. The van der Waals surface area contributed by atoms with E-state index in [9.17, 15) is 22.4 Å². The van der Waals surface area contributed by atoms with Crippen LogP contribution in [-0.2, 0) is 21.4 Å². The van der Waals surface area contributed by atoms with Crippen LogP contribution in [0.3, 0.4) is 0 Å². The molecule has 0 atom stereocenters. The largest absolute Gasteiger partial charge is 0.354 e. The Hall–Kier alpha value is -2.49. The van der Waals surface area contributed by atoms with Gasteiger partial charge in [0, 0.05) is 42.8 Å². The molecular formula is C19H19ClFN3O4S. The van der Waals surface area contributed by atoms with Crippen molar-refractivity contribution >= 4 is 33.4 Å². The van der Waals surface area contributed by atoms with Gasteiger partial charge in [-0.2, -0.15) is 4.31 Å². The van der Waals surface area contributed by atoms with E-state index in [0.29, 0.717) is 0 Å². The summed E-state index contributed by atoms with van der Waals surface area (Å²) in [5.41, 5.74) is 0.301. The number of rotatable bonds is 5. The lowest BCUT2D eigenvalue weighted by Crippen LogP contribution is -2.49. The van der Waals surface area contributed by atoms with Gasteiger partial charge in [0.05, 0.1) is 11.4 Å². The number of hydrogen-bond donors (Lipinski definition) is 1. The van der Waals surface area contributed by atoms with Crippen molar-refractivity contribution in [2.45, 2.75) is 11.4 Å². The van der Waals surface area contributed by atoms with Gasteiger partial charge in [-0.15, -0.1) is 0 Å². The molecule has 2 aromatic carbocycles. The normalized spacial score (nSPS) is 15.1. The molecule has 154 valence electrons. The molecular weight excluding hydrogens is 421 g/mol. The van der Waals surface area contributed by atoms with Gasteiger partial charge in [0.25, 0.3) is 5.91 Å². The first-order valence-electron chi connectivity index (χ1n) is 8.75. The molecule has 7 nitrogen and oxygen atoms in total. The van der Waals surface area contributed by atoms with Crippen LogP contribution < -0.4 is 5.32 Å². The summed E-state index contributed by atoms with van der Waals surface area (Å²) >= 11 is 6.01. The Morgan fingerprint density at radius 2 is 2.00 bits per heavy atom. The number of benzene rings is 2. The van der Waals surface area contributed by atoms with E-state index in [1.807, 2.05) is 0 Å². The lowest BCUT2D eigenvalue weighted by atomic mass is 10.1. The maximum atomic E-state index is 14.0. The average molecular weight is 440 g/mol. The molecule has 0 spiro atoms. The molecule has 10 heteroatoms. The van der Waals surface area contributed by atoms with Crippen molar-refractivity contribution in [1.82, 2.24) is 14.5 Å². The fraction of sp³-hybridized carbons (Fsp3) is 0.263. The summed E-state index contributed by atoms with van der Waals surface area (Å²) in [6.45, 7) is 0.0283. The number of halogens is 2. The van der Waals surface area contributed by atoms with Crippen molar-refractivity contribution < 1.29 is 22.4 Å². The molecule has 1 heterocycles. The fourth-order valence-corrected chi connectivity index (χ4v) is 4.64. The molecule has 0 aromatic heterocycles. The van der Waals surface area contributed by atoms with Gasteiger partial charge in [0.2, 0.25) is 15.9 Å². The molecule has 1 aliphatic heterocycles. The molecule has 1 N–H and O–H groups in total. The van der Waals surface area contributed by atoms with Gasteiger partial charge < -0.3 is 10.2 Å². The summed E-state index contributed by atoms with van der Waals surface area (Å²) in [6, 6.07) is 9.80. The van der Waals surface area contributed by atoms with Crippen molar-refractivity contribution in [3.05, 3.63) is 64.4 Å². The minimum atomic E-state index is -3.93. The number of hydrogen-bond acceptors (Lipinski definition) is 4. The Bertz CT molecular complexity index is 1040. The quantitative estimate of drug-likeness (QED) is 0.770. The fourth-order valence-electron chi connectivity index (χ4n) is 2.97. The molecule has 0 saturated carbocycles. The van der Waals surface area contributed by atoms with Crippen molar-refractivity contribution in [3.63, 3.8) is 0 Å². The van der Waals surface area contributed by atoms with Crippen molar-refractivity contribution in [3.8, 4) is 0 Å². The van der Waals surface area contributed by atoms with Crippen molar-refractivity contribution in [2.75, 3.05) is 26.7 Å². The second kappa shape index (κ2) is 8.48. The Balaban J connectivity index is 1.83. The maximum Gasteiger partial charge on any atom is 0.253 e. The SMILES string of the molecule is CN(Cc1c(F)cccc1Cl)C(=O)c1cccc(S(=O)(=O)N2CCNC(=O)C2)c1. The van der Waals surface area contributed by atoms with E-state index in [2.05, 4.69) is 5.32 Å². The van der Waals surface area contributed by atoms with Gasteiger partial charge in [-0.3, -0.25) is 9.59 Å². The zero-order valence-electron chi connectivity index (χ0n) is 15.6. The van der Waals surface area contributed by atoms with E-state index < -0.39 is 21.7 Å². The first-order chi connectivity index (χ1) is 13.7. The van der Waals surface area contributed by atoms with Gasteiger partial charge in [-0.05, 0) is 30.3 Å². The third-order valence-corrected chi connectivity index (χ3v) is 6.72. The van der Waals surface area contributed by atoms with E-state index >= 15 is 0 Å². The molecule has 0 radical (unpaired) electrons. The highest BCUT2D eigenvalue weighted by molar-refractivity contribution is 7.89. The Kier molecular flexibility index (Phi) is 6.21. The average Bonchev–Trinajstić information content (AvgIpc) is 2.70. The maximum absolute atomic E-state index is 14.0. The van der Waals surface area contributed by atoms with Gasteiger partial charge >= 0.3 is 0 Å². The van der Waals surface area contributed by atoms with Crippen LogP contribution in [0.25, 0.3) is 0 Å². The summed E-state index contributed by atoms with van der Waals surface area (Å²) < 4.78 is 40.7. The molecule has 0 unspecified atom stereocenters. The zero-order chi connectivity index (χ0) is 21.2. The van der Waals surface area contributed by atoms with E-state index in [4.69, 9.17) is 11.6 Å². The van der Waals surface area contributed by atoms with Crippen LogP contribution >= 0.6 is 11.6 Å². The predicted molar refractivity (Wildman–Crippen MR) is 105 cm³/mol. The summed E-state index contributed by atoms with van der Waals surface area (Å²) in [5, 5.41) is 2.76. The Morgan fingerprint density at radius 3 is 2.69 bits per heavy atom. The van der Waals surface area contributed by atoms with Crippen LogP contribution in [0, 0.1) is 5.82 Å². The molecule has 0 bridgehead atoms. The monoisotopic (exact) mass is 439 g/mol. The highest BCUT2D eigenvalue weighted by Gasteiger charge is 2.29. The summed E-state index contributed by atoms with van der Waals surface area (Å²) in [6.07, 6.45) is 0. The smallest absolute Gasteiger partial charge is 0.253 e. The first-order valence-corrected chi connectivity index (χ1v) is 10.6. The zero-order valence-corrected chi connectivity index (χ0v) is 17.1. The van der Waals surface area contributed by atoms with E-state index in [1.165, 1.54) is 54.4 Å². The van der Waals surface area contributed by atoms with E-state index in [-0.39, 0.29) is 53.1 Å². The highest BCUT2D eigenvalue weighted by atomic mass is 35.5. The molecule has 3 rings (SSSR count). The molecule has 1 saturated heterocycles. The topological polar surface area (TPSA) is 86.8 Å². The van der Waals surface area contributed by atoms with Gasteiger partial charge in [-0.25, -0.2) is 12.8 Å². The van der Waals surface area contributed by atoms with Crippen LogP contribution in [0.5, 0.6) is 0 Å². The highest BCUT2D eigenvalue weighted by Crippen LogP contribution is 2.22. The van der Waals surface area contributed by atoms with Crippen LogP contribution in [0.2, 0.25) is 5.02 Å². The Labute approximate surface area is 173 Å². The number of nitrogens with zero attached hydrogens (tertiary/aromatic N) is 2. The predicted octanol–water partition coefficient (Wildman–Crippen LogP) is 1.87. The third kappa shape index (κ3) is 4.58. The van der Waals surface area contributed by atoms with Gasteiger partial charge in [0.15, 0.2) is 0 Å². The third-order valence-electron chi connectivity index (χ3n) is 4.53. The minimum absolute atomic E-state index is 0.0758. The van der Waals surface area contributed by atoms with Crippen molar-refractivity contribution in [1.29, 1.82) is 0 Å². The van der Waals surface area contributed by atoms with E-state index in [0.717, 1.165) is 4.31 Å². The van der Waals surface area contributed by atoms with Crippen LogP contribution in [-0.4, -0.2) is 56.1 Å². The number of piperazine rings is 1. The molecule has 2 amide bonds. The minimum Gasteiger partial charge on any atom is -0.354 e. The summed E-state index contributed by atoms with van der Waals surface area (Å²) in [4.78, 5) is 25.5. The summed E-state index contributed by atoms with van der Waals surface area (Å²) in [7, 11) is -2.45. The van der Waals surface area contributed by atoms with Gasteiger partial charge in [0.1, 0.15) is 5.82 Å². The number of nitrogens with one attached hydrogen (secondary N) is 1. The van der Waals surface area contributed by atoms with Crippen LogP contribution in [0.4, 0.5) is 4.39 Å². The number of carbonyl (C=O) groups is 2. The van der Waals surface area contributed by atoms with Crippen LogP contribution in [0.1, 0.15) is 15.9 Å². The standard InChI is InChI=1S/C19H19ClFN3O4S/c1-23(11-15-16(20)6-3-7-17(15)21)19(26)13-4-2-5-14(10-13)29(27,28)24-9-8-22-18(25)12-24/h2-7,10H,8-9,11-12H2,1H3,(H,22,25). The molecule has 29 heavy (non-hydrogen) atoms. The first kappa shape index (κ1) is 21.2. The summed E-state index contributed by atoms with van der Waals surface area (Å²) in [5.74, 6) is -1.40. The number of sulfonamides is 1. The molecule has 0 aliphatic carbocycles. The molecule has 1 fully saturated rings. The second-order valence-electron chi connectivity index (χ2n) is 6.58. The number of amides is 2. The number of carbonyl (C=O) groups excluding carboxylic acids is 2. The van der Waals surface area contributed by atoms with Gasteiger partial charge in [-0.1, -0.05) is 23.7 Å². The molecule has 2 aromatic rings.